The van der Waals surface area contributed by atoms with E-state index in [0.29, 0.717) is 25.7 Å². The molecule has 134 valence electrons. The fourth-order valence-electron chi connectivity index (χ4n) is 3.14. The lowest BCUT2D eigenvalue weighted by molar-refractivity contribution is -0.135. The normalized spacial score (nSPS) is 19.4. The molecule has 3 rings (SSSR count). The predicted molar refractivity (Wildman–Crippen MR) is 93.3 cm³/mol. The molecule has 4 nitrogen and oxygen atoms in total. The average Bonchev–Trinajstić information content (AvgIpc) is 3.40. The van der Waals surface area contributed by atoms with E-state index in [1.54, 1.807) is 12.1 Å². The van der Waals surface area contributed by atoms with Gasteiger partial charge in [0.25, 0.3) is 0 Å². The number of benzene rings is 1. The van der Waals surface area contributed by atoms with Gasteiger partial charge in [-0.25, -0.2) is 4.39 Å². The Morgan fingerprint density at radius 3 is 2.42 bits per heavy atom. The molecule has 1 saturated heterocycles. The molecule has 1 aromatic rings. The number of nitrogens with zero attached hydrogens (tertiary/aromatic N) is 1. The van der Waals surface area contributed by atoms with Gasteiger partial charge in [-0.3, -0.25) is 4.79 Å². The number of hydrogen-bond acceptors (Lipinski definition) is 3. The summed E-state index contributed by atoms with van der Waals surface area (Å²) in [6.07, 6.45) is 4.06. The molecule has 2 fully saturated rings. The van der Waals surface area contributed by atoms with Crippen molar-refractivity contribution in [3.8, 4) is 0 Å². The quantitative estimate of drug-likeness (QED) is 0.852. The van der Waals surface area contributed by atoms with Crippen molar-refractivity contribution in [2.75, 3.05) is 19.8 Å². The lowest BCUT2D eigenvalue weighted by Crippen LogP contribution is -2.49. The molecule has 6 heteroatoms. The summed E-state index contributed by atoms with van der Waals surface area (Å²) in [6, 6.07) is 5.89. The summed E-state index contributed by atoms with van der Waals surface area (Å²) in [4.78, 5) is 14.7. The minimum absolute atomic E-state index is 0. The molecule has 0 bridgehead atoms. The minimum atomic E-state index is -0.460. The van der Waals surface area contributed by atoms with E-state index in [9.17, 15) is 9.18 Å². The first-order valence-corrected chi connectivity index (χ1v) is 8.50. The first kappa shape index (κ1) is 19.2. The Kier molecular flexibility index (Phi) is 7.02. The van der Waals surface area contributed by atoms with E-state index in [-0.39, 0.29) is 30.0 Å². The fraction of sp³-hybridized carbons (Fsp3) is 0.611. The molecule has 0 aromatic heterocycles. The number of amides is 1. The maximum absolute atomic E-state index is 13.1. The minimum Gasteiger partial charge on any atom is -0.381 e. The van der Waals surface area contributed by atoms with Gasteiger partial charge < -0.3 is 15.4 Å². The number of rotatable bonds is 6. The van der Waals surface area contributed by atoms with Crippen molar-refractivity contribution in [3.63, 3.8) is 0 Å². The Morgan fingerprint density at radius 2 is 1.83 bits per heavy atom. The lowest BCUT2D eigenvalue weighted by atomic mass is 9.91. The highest BCUT2D eigenvalue weighted by molar-refractivity contribution is 5.85. The summed E-state index contributed by atoms with van der Waals surface area (Å²) in [5.74, 6) is 0.563. The first-order chi connectivity index (χ1) is 11.1. The van der Waals surface area contributed by atoms with Crippen LogP contribution in [-0.2, 0) is 16.1 Å². The van der Waals surface area contributed by atoms with Gasteiger partial charge in [0.15, 0.2) is 0 Å². The van der Waals surface area contributed by atoms with Crippen LogP contribution in [-0.4, -0.2) is 36.6 Å². The Bertz CT molecular complexity index is 530. The van der Waals surface area contributed by atoms with Crippen molar-refractivity contribution in [2.45, 2.75) is 38.3 Å². The molecule has 1 aliphatic carbocycles. The van der Waals surface area contributed by atoms with E-state index in [2.05, 4.69) is 0 Å². The third-order valence-corrected chi connectivity index (χ3v) is 4.83. The summed E-state index contributed by atoms with van der Waals surface area (Å²) < 4.78 is 18.4. The van der Waals surface area contributed by atoms with Crippen molar-refractivity contribution < 1.29 is 13.9 Å². The molecule has 0 radical (unpaired) electrons. The van der Waals surface area contributed by atoms with E-state index in [1.807, 2.05) is 4.90 Å². The summed E-state index contributed by atoms with van der Waals surface area (Å²) in [7, 11) is 0. The molecular formula is C18H26ClFN2O2. The van der Waals surface area contributed by atoms with E-state index < -0.39 is 6.04 Å². The van der Waals surface area contributed by atoms with Gasteiger partial charge in [-0.1, -0.05) is 12.1 Å². The molecule has 1 amide bonds. The molecule has 1 aliphatic heterocycles. The molecule has 2 aliphatic rings. The van der Waals surface area contributed by atoms with Gasteiger partial charge in [0.2, 0.25) is 5.91 Å². The number of carbonyl (C=O) groups is 1. The van der Waals surface area contributed by atoms with Gasteiger partial charge >= 0.3 is 0 Å². The number of ether oxygens (including phenoxy) is 1. The second-order valence-electron chi connectivity index (χ2n) is 6.76. The molecule has 1 heterocycles. The van der Waals surface area contributed by atoms with Gasteiger partial charge in [0, 0.05) is 26.3 Å². The molecule has 1 saturated carbocycles. The smallest absolute Gasteiger partial charge is 0.240 e. The molecule has 24 heavy (non-hydrogen) atoms. The van der Waals surface area contributed by atoms with Crippen LogP contribution in [0.15, 0.2) is 24.3 Å². The maximum atomic E-state index is 13.1. The second kappa shape index (κ2) is 8.79. The standard InChI is InChI=1S/C18H25FN2O2.ClH/c19-16-5-3-14(4-6-16)12-21(11-13-1-2-13)18(22)17(20)15-7-9-23-10-8-15;/h3-6,13,15,17H,1-2,7-12,20H2;1H. The third kappa shape index (κ3) is 5.16. The van der Waals surface area contributed by atoms with Crippen molar-refractivity contribution in [2.24, 2.45) is 17.6 Å². The molecular weight excluding hydrogens is 331 g/mol. The van der Waals surface area contributed by atoms with Crippen LogP contribution >= 0.6 is 12.4 Å². The van der Waals surface area contributed by atoms with E-state index in [4.69, 9.17) is 10.5 Å². The fourth-order valence-corrected chi connectivity index (χ4v) is 3.14. The van der Waals surface area contributed by atoms with E-state index in [0.717, 1.165) is 24.9 Å². The van der Waals surface area contributed by atoms with Gasteiger partial charge in [-0.2, -0.15) is 0 Å². The van der Waals surface area contributed by atoms with E-state index in [1.165, 1.54) is 25.0 Å². The largest absolute Gasteiger partial charge is 0.381 e. The number of carbonyl (C=O) groups excluding carboxylic acids is 1. The Morgan fingerprint density at radius 1 is 1.21 bits per heavy atom. The first-order valence-electron chi connectivity index (χ1n) is 8.50. The molecule has 1 aromatic carbocycles. The van der Waals surface area contributed by atoms with Crippen molar-refractivity contribution in [3.05, 3.63) is 35.6 Å². The van der Waals surface area contributed by atoms with Gasteiger partial charge in [-0.15, -0.1) is 12.4 Å². The van der Waals surface area contributed by atoms with Crippen LogP contribution in [0.1, 0.15) is 31.2 Å². The summed E-state index contributed by atoms with van der Waals surface area (Å²) in [5.41, 5.74) is 7.20. The molecule has 0 spiro atoms. The van der Waals surface area contributed by atoms with Crippen LogP contribution in [0.2, 0.25) is 0 Å². The van der Waals surface area contributed by atoms with Crippen LogP contribution < -0.4 is 5.73 Å². The van der Waals surface area contributed by atoms with Crippen molar-refractivity contribution in [1.29, 1.82) is 0 Å². The maximum Gasteiger partial charge on any atom is 0.240 e. The van der Waals surface area contributed by atoms with Crippen LogP contribution in [0.4, 0.5) is 4.39 Å². The Balaban J connectivity index is 0.00000208. The summed E-state index contributed by atoms with van der Waals surface area (Å²) in [6.45, 7) is 2.64. The highest BCUT2D eigenvalue weighted by Crippen LogP contribution is 2.31. The number of hydrogen-bond donors (Lipinski definition) is 1. The van der Waals surface area contributed by atoms with E-state index >= 15 is 0 Å². The molecule has 1 atom stereocenters. The van der Waals surface area contributed by atoms with Gasteiger partial charge in [0.05, 0.1) is 6.04 Å². The van der Waals surface area contributed by atoms with Crippen molar-refractivity contribution in [1.82, 2.24) is 4.90 Å². The lowest BCUT2D eigenvalue weighted by Gasteiger charge is -2.32. The third-order valence-electron chi connectivity index (χ3n) is 4.83. The van der Waals surface area contributed by atoms with Crippen LogP contribution in [0.3, 0.4) is 0 Å². The van der Waals surface area contributed by atoms with Crippen LogP contribution in [0.5, 0.6) is 0 Å². The SMILES string of the molecule is Cl.NC(C(=O)N(Cc1ccc(F)cc1)CC1CC1)C1CCOCC1. The highest BCUT2D eigenvalue weighted by atomic mass is 35.5. The topological polar surface area (TPSA) is 55.6 Å². The Hall–Kier alpha value is -1.17. The van der Waals surface area contributed by atoms with Crippen LogP contribution in [0.25, 0.3) is 0 Å². The second-order valence-corrected chi connectivity index (χ2v) is 6.76. The zero-order chi connectivity index (χ0) is 16.2. The van der Waals surface area contributed by atoms with Crippen LogP contribution in [0, 0.1) is 17.7 Å². The summed E-state index contributed by atoms with van der Waals surface area (Å²) >= 11 is 0. The highest BCUT2D eigenvalue weighted by Gasteiger charge is 2.33. The zero-order valence-electron chi connectivity index (χ0n) is 13.8. The predicted octanol–water partition coefficient (Wildman–Crippen LogP) is 2.74. The number of nitrogens with two attached hydrogens (primary N) is 1. The summed E-state index contributed by atoms with van der Waals surface area (Å²) in [5, 5.41) is 0. The molecule has 1 unspecified atom stereocenters. The van der Waals surface area contributed by atoms with Gasteiger partial charge in [0.1, 0.15) is 5.82 Å². The number of halogens is 2. The Labute approximate surface area is 148 Å². The molecule has 2 N–H and O–H groups in total. The average molecular weight is 357 g/mol. The zero-order valence-corrected chi connectivity index (χ0v) is 14.6. The van der Waals surface area contributed by atoms with Gasteiger partial charge in [-0.05, 0) is 55.2 Å². The monoisotopic (exact) mass is 356 g/mol. The van der Waals surface area contributed by atoms with Crippen molar-refractivity contribution >= 4 is 18.3 Å².